The number of carbonyl (C=O) groups is 1. The third-order valence-corrected chi connectivity index (χ3v) is 1.51. The summed E-state index contributed by atoms with van der Waals surface area (Å²) in [4.78, 5) is 26.8. The number of alkyl halides is 3. The number of hydrogen-bond donors (Lipinski definition) is 3. The highest BCUT2D eigenvalue weighted by atomic mass is 35.6. The van der Waals surface area contributed by atoms with Gasteiger partial charge in [0.15, 0.2) is 0 Å². The first kappa shape index (κ1) is 11.5. The second-order valence-electron chi connectivity index (χ2n) is 1.48. The van der Waals surface area contributed by atoms with E-state index in [-0.39, 0.29) is 0 Å². The van der Waals surface area contributed by atoms with Crippen LogP contribution in [0.5, 0.6) is 0 Å². The molecule has 0 fully saturated rings. The predicted molar refractivity (Wildman–Crippen MR) is 40.5 cm³/mol. The molecule has 3 N–H and O–H groups in total. The van der Waals surface area contributed by atoms with Crippen molar-refractivity contribution in [3.05, 3.63) is 0 Å². The Morgan fingerprint density at radius 2 is 1.73 bits per heavy atom. The summed E-state index contributed by atoms with van der Waals surface area (Å²) in [6, 6.07) is 0. The average Bonchev–Trinajstić information content (AvgIpc) is 1.56. The molecule has 0 radical (unpaired) electrons. The quantitative estimate of drug-likeness (QED) is 0.463. The molecule has 0 saturated carbocycles. The lowest BCUT2D eigenvalue weighted by molar-refractivity contribution is -0.118. The molecule has 0 atom stereocenters. The van der Waals surface area contributed by atoms with Gasteiger partial charge in [0.25, 0.3) is 9.70 Å². The minimum atomic E-state index is -4.67. The van der Waals surface area contributed by atoms with Crippen molar-refractivity contribution in [1.29, 1.82) is 0 Å². The van der Waals surface area contributed by atoms with Crippen molar-refractivity contribution >= 4 is 48.5 Å². The van der Waals surface area contributed by atoms with Gasteiger partial charge >= 0.3 is 7.75 Å². The zero-order chi connectivity index (χ0) is 9.28. The largest absolute Gasteiger partial charge is 0.429 e. The summed E-state index contributed by atoms with van der Waals surface area (Å²) in [5.41, 5.74) is 0. The molecule has 0 spiro atoms. The van der Waals surface area contributed by atoms with Crippen LogP contribution in [0, 0.1) is 0 Å². The van der Waals surface area contributed by atoms with Crippen molar-refractivity contribution in [3.8, 4) is 0 Å². The fourth-order valence-corrected chi connectivity index (χ4v) is 0.967. The van der Waals surface area contributed by atoms with E-state index < -0.39 is 17.4 Å². The van der Waals surface area contributed by atoms with Crippen LogP contribution in [-0.2, 0) is 9.36 Å². The van der Waals surface area contributed by atoms with Gasteiger partial charge < -0.3 is 9.79 Å². The Morgan fingerprint density at radius 1 is 1.36 bits per heavy atom. The standard InChI is InChI=1S/C2H3Cl3NO4P/c3-2(4,5)1(7)6-11(8,9)10/h(H3,6,7,8,9,10). The summed E-state index contributed by atoms with van der Waals surface area (Å²) in [5, 5.41) is 1.19. The van der Waals surface area contributed by atoms with Crippen LogP contribution in [0.25, 0.3) is 0 Å². The SMILES string of the molecule is O=C(NP(=O)(O)O)C(Cl)(Cl)Cl. The highest BCUT2D eigenvalue weighted by Gasteiger charge is 2.34. The number of amides is 1. The highest BCUT2D eigenvalue weighted by Crippen LogP contribution is 2.33. The van der Waals surface area contributed by atoms with Gasteiger partial charge in [-0.3, -0.25) is 9.88 Å². The van der Waals surface area contributed by atoms with Crippen LogP contribution in [0.15, 0.2) is 0 Å². The maximum absolute atomic E-state index is 10.5. The van der Waals surface area contributed by atoms with Gasteiger partial charge in [-0.15, -0.1) is 0 Å². The van der Waals surface area contributed by atoms with Crippen molar-refractivity contribution in [2.75, 3.05) is 0 Å². The summed E-state index contributed by atoms with van der Waals surface area (Å²) in [5.74, 6) is -1.36. The molecule has 0 aliphatic carbocycles. The van der Waals surface area contributed by atoms with E-state index in [0.717, 1.165) is 0 Å². The Labute approximate surface area is 76.8 Å². The van der Waals surface area contributed by atoms with E-state index in [1.54, 1.807) is 0 Å². The second-order valence-corrected chi connectivity index (χ2v) is 5.08. The van der Waals surface area contributed by atoms with Gasteiger partial charge in [-0.05, 0) is 0 Å². The molecule has 9 heteroatoms. The van der Waals surface area contributed by atoms with Gasteiger partial charge in [0.2, 0.25) is 0 Å². The van der Waals surface area contributed by atoms with E-state index in [1.807, 2.05) is 0 Å². The molecule has 5 nitrogen and oxygen atoms in total. The van der Waals surface area contributed by atoms with Gasteiger partial charge in [-0.1, -0.05) is 34.8 Å². The Bertz CT molecular complexity index is 206. The van der Waals surface area contributed by atoms with E-state index >= 15 is 0 Å². The molecule has 0 unspecified atom stereocenters. The molecule has 0 bridgehead atoms. The van der Waals surface area contributed by atoms with Gasteiger partial charge in [0.1, 0.15) is 0 Å². The first-order chi connectivity index (χ1) is 4.63. The van der Waals surface area contributed by atoms with Crippen molar-refractivity contribution in [3.63, 3.8) is 0 Å². The van der Waals surface area contributed by atoms with Crippen molar-refractivity contribution in [2.45, 2.75) is 3.79 Å². The van der Waals surface area contributed by atoms with Gasteiger partial charge in [-0.25, -0.2) is 4.57 Å². The average molecular weight is 242 g/mol. The van der Waals surface area contributed by atoms with Crippen LogP contribution in [0.2, 0.25) is 0 Å². The lowest BCUT2D eigenvalue weighted by atomic mass is 10.7. The number of halogens is 3. The summed E-state index contributed by atoms with van der Waals surface area (Å²) in [6.07, 6.45) is 0. The van der Waals surface area contributed by atoms with E-state index in [0.29, 0.717) is 0 Å². The molecule has 0 saturated heterocycles. The third-order valence-electron chi connectivity index (χ3n) is 0.505. The van der Waals surface area contributed by atoms with Gasteiger partial charge in [0, 0.05) is 0 Å². The highest BCUT2D eigenvalue weighted by molar-refractivity contribution is 7.50. The van der Waals surface area contributed by atoms with Crippen molar-refractivity contribution in [2.24, 2.45) is 0 Å². The number of carbonyl (C=O) groups excluding carboxylic acids is 1. The molecule has 0 aliphatic heterocycles. The normalized spacial score (nSPS) is 12.8. The van der Waals surface area contributed by atoms with Gasteiger partial charge in [0.05, 0.1) is 0 Å². The molecular formula is C2H3Cl3NO4P. The second kappa shape index (κ2) is 3.47. The lowest BCUT2D eigenvalue weighted by Crippen LogP contribution is -2.32. The maximum atomic E-state index is 10.5. The minimum absolute atomic E-state index is 1.19. The monoisotopic (exact) mass is 241 g/mol. The van der Waals surface area contributed by atoms with E-state index in [9.17, 15) is 9.36 Å². The fourth-order valence-electron chi connectivity index (χ4n) is 0.196. The molecule has 0 rings (SSSR count). The summed E-state index contributed by atoms with van der Waals surface area (Å²) < 4.78 is 7.71. The number of rotatable bonds is 1. The first-order valence-electron chi connectivity index (χ1n) is 2.08. The zero-order valence-corrected chi connectivity index (χ0v) is 7.95. The Balaban J connectivity index is 4.23. The molecule has 0 aromatic rings. The zero-order valence-electron chi connectivity index (χ0n) is 4.79. The molecule has 1 amide bonds. The Morgan fingerprint density at radius 3 is 1.82 bits per heavy atom. The van der Waals surface area contributed by atoms with E-state index in [4.69, 9.17) is 44.6 Å². The van der Waals surface area contributed by atoms with Crippen LogP contribution in [0.3, 0.4) is 0 Å². The number of nitrogens with one attached hydrogen (secondary N) is 1. The minimum Gasteiger partial charge on any atom is -0.308 e. The van der Waals surface area contributed by atoms with Crippen LogP contribution < -0.4 is 5.09 Å². The van der Waals surface area contributed by atoms with Crippen LogP contribution in [-0.4, -0.2) is 19.5 Å². The fraction of sp³-hybridized carbons (Fsp3) is 0.500. The number of hydrogen-bond acceptors (Lipinski definition) is 2. The van der Waals surface area contributed by atoms with E-state index in [2.05, 4.69) is 0 Å². The Kier molecular flexibility index (Phi) is 3.63. The smallest absolute Gasteiger partial charge is 0.308 e. The van der Waals surface area contributed by atoms with Crippen molar-refractivity contribution in [1.82, 2.24) is 5.09 Å². The topological polar surface area (TPSA) is 86.6 Å². The molecule has 11 heavy (non-hydrogen) atoms. The van der Waals surface area contributed by atoms with Gasteiger partial charge in [-0.2, -0.15) is 0 Å². The molecule has 0 heterocycles. The molecular weight excluding hydrogens is 239 g/mol. The summed E-state index contributed by atoms with van der Waals surface area (Å²) >= 11 is 14.9. The molecule has 0 aliphatic rings. The van der Waals surface area contributed by atoms with Crippen LogP contribution >= 0.6 is 42.5 Å². The molecule has 0 aromatic heterocycles. The molecule has 66 valence electrons. The Hall–Kier alpha value is 0.490. The van der Waals surface area contributed by atoms with E-state index in [1.165, 1.54) is 5.09 Å². The van der Waals surface area contributed by atoms with Crippen molar-refractivity contribution < 1.29 is 19.1 Å². The summed E-state index contributed by atoms with van der Waals surface area (Å²) in [7, 11) is -4.67. The molecule has 0 aromatic carbocycles. The van der Waals surface area contributed by atoms with Crippen LogP contribution in [0.4, 0.5) is 0 Å². The lowest BCUT2D eigenvalue weighted by Gasteiger charge is -2.11. The summed E-state index contributed by atoms with van der Waals surface area (Å²) in [6.45, 7) is 0. The first-order valence-corrected chi connectivity index (χ1v) is 4.82. The third kappa shape index (κ3) is 5.73. The van der Waals surface area contributed by atoms with Crippen LogP contribution in [0.1, 0.15) is 0 Å². The maximum Gasteiger partial charge on any atom is 0.429 e. The predicted octanol–water partition coefficient (Wildman–Crippen LogP) is 0.565.